The van der Waals surface area contributed by atoms with E-state index in [0.29, 0.717) is 29.9 Å². The summed E-state index contributed by atoms with van der Waals surface area (Å²) in [6.45, 7) is 6.14. The van der Waals surface area contributed by atoms with Crippen LogP contribution in [-0.4, -0.2) is 31.3 Å². The lowest BCUT2D eigenvalue weighted by molar-refractivity contribution is -0.0491. The first kappa shape index (κ1) is 12.7. The molecule has 0 radical (unpaired) electrons. The van der Waals surface area contributed by atoms with Crippen molar-refractivity contribution in [2.24, 2.45) is 22.6 Å². The van der Waals surface area contributed by atoms with Crippen LogP contribution < -0.4 is 11.1 Å². The maximum Gasteiger partial charge on any atom is 0.188 e. The Hall–Kier alpha value is -0.770. The Balaban J connectivity index is 1.82. The van der Waals surface area contributed by atoms with Gasteiger partial charge >= 0.3 is 0 Å². The third-order valence-corrected chi connectivity index (χ3v) is 3.58. The maximum absolute atomic E-state index is 5.85. The van der Waals surface area contributed by atoms with E-state index in [1.807, 2.05) is 0 Å². The van der Waals surface area contributed by atoms with Gasteiger partial charge in [-0.3, -0.25) is 4.99 Å². The molecule has 0 aromatic carbocycles. The zero-order valence-corrected chi connectivity index (χ0v) is 11.0. The largest absolute Gasteiger partial charge is 0.378 e. The van der Waals surface area contributed by atoms with Gasteiger partial charge in [-0.1, -0.05) is 13.8 Å². The van der Waals surface area contributed by atoms with Crippen LogP contribution in [0.15, 0.2) is 4.99 Å². The first-order chi connectivity index (χ1) is 8.16. The van der Waals surface area contributed by atoms with Gasteiger partial charge in [-0.05, 0) is 31.6 Å². The highest BCUT2D eigenvalue weighted by molar-refractivity contribution is 5.78. The number of guanidine groups is 1. The van der Waals surface area contributed by atoms with Gasteiger partial charge in [0.15, 0.2) is 5.96 Å². The highest BCUT2D eigenvalue weighted by atomic mass is 16.5. The summed E-state index contributed by atoms with van der Waals surface area (Å²) in [7, 11) is 0. The number of ether oxygens (including phenoxy) is 1. The third kappa shape index (κ3) is 3.87. The molecule has 1 heterocycles. The number of nitrogens with two attached hydrogens (primary N) is 1. The molecule has 4 heteroatoms. The SMILES string of the molecule is CC(C)C1OCCCC1CN=C(N)NC1CC1. The van der Waals surface area contributed by atoms with E-state index in [4.69, 9.17) is 10.5 Å². The van der Waals surface area contributed by atoms with Crippen LogP contribution in [0, 0.1) is 11.8 Å². The number of nitrogens with zero attached hydrogens (tertiary/aromatic N) is 1. The second kappa shape index (κ2) is 5.71. The van der Waals surface area contributed by atoms with Crippen molar-refractivity contribution < 1.29 is 4.74 Å². The smallest absolute Gasteiger partial charge is 0.188 e. The Morgan fingerprint density at radius 2 is 2.18 bits per heavy atom. The van der Waals surface area contributed by atoms with Gasteiger partial charge in [0, 0.05) is 25.1 Å². The molecule has 0 bridgehead atoms. The van der Waals surface area contributed by atoms with Crippen molar-refractivity contribution in [2.75, 3.05) is 13.2 Å². The predicted molar refractivity (Wildman–Crippen MR) is 69.9 cm³/mol. The van der Waals surface area contributed by atoms with Gasteiger partial charge in [0.05, 0.1) is 6.10 Å². The van der Waals surface area contributed by atoms with Crippen LogP contribution in [0.2, 0.25) is 0 Å². The molecule has 0 spiro atoms. The molecule has 2 rings (SSSR count). The standard InChI is InChI=1S/C13H25N3O/c1-9(2)12-10(4-3-7-17-12)8-15-13(14)16-11-5-6-11/h9-12H,3-8H2,1-2H3,(H3,14,15,16). The molecule has 2 aliphatic rings. The van der Waals surface area contributed by atoms with Crippen molar-refractivity contribution in [3.8, 4) is 0 Å². The Bertz CT molecular complexity index is 274. The average molecular weight is 239 g/mol. The second-order valence-corrected chi connectivity index (χ2v) is 5.63. The van der Waals surface area contributed by atoms with E-state index in [1.165, 1.54) is 19.3 Å². The third-order valence-electron chi connectivity index (χ3n) is 3.58. The molecule has 98 valence electrons. The number of hydrogen-bond donors (Lipinski definition) is 2. The highest BCUT2D eigenvalue weighted by Crippen LogP contribution is 2.26. The van der Waals surface area contributed by atoms with E-state index in [-0.39, 0.29) is 0 Å². The van der Waals surface area contributed by atoms with Gasteiger partial charge in [-0.15, -0.1) is 0 Å². The minimum Gasteiger partial charge on any atom is -0.378 e. The molecule has 1 aliphatic heterocycles. The fourth-order valence-corrected chi connectivity index (χ4v) is 2.50. The first-order valence-electron chi connectivity index (χ1n) is 6.85. The van der Waals surface area contributed by atoms with Crippen LogP contribution in [0.25, 0.3) is 0 Å². The van der Waals surface area contributed by atoms with E-state index >= 15 is 0 Å². The predicted octanol–water partition coefficient (Wildman–Crippen LogP) is 1.50. The molecule has 1 aliphatic carbocycles. The minimum atomic E-state index is 0.348. The van der Waals surface area contributed by atoms with Gasteiger partial charge in [0.1, 0.15) is 0 Å². The Morgan fingerprint density at radius 3 is 2.82 bits per heavy atom. The normalized spacial score (nSPS) is 30.6. The van der Waals surface area contributed by atoms with Crippen molar-refractivity contribution in [2.45, 2.75) is 51.7 Å². The molecular formula is C13H25N3O. The van der Waals surface area contributed by atoms with Crippen molar-refractivity contribution >= 4 is 5.96 Å². The summed E-state index contributed by atoms with van der Waals surface area (Å²) in [5.74, 6) is 1.71. The van der Waals surface area contributed by atoms with Crippen LogP contribution in [0.5, 0.6) is 0 Å². The molecular weight excluding hydrogens is 214 g/mol. The lowest BCUT2D eigenvalue weighted by Gasteiger charge is -2.33. The Labute approximate surface area is 104 Å². The first-order valence-corrected chi connectivity index (χ1v) is 6.85. The van der Waals surface area contributed by atoms with Crippen LogP contribution in [-0.2, 0) is 4.74 Å². The molecule has 17 heavy (non-hydrogen) atoms. The molecule has 1 saturated carbocycles. The van der Waals surface area contributed by atoms with Crippen molar-refractivity contribution in [1.29, 1.82) is 0 Å². The summed E-state index contributed by atoms with van der Waals surface area (Å²) < 4.78 is 5.85. The molecule has 2 fully saturated rings. The Morgan fingerprint density at radius 1 is 1.41 bits per heavy atom. The molecule has 0 aromatic rings. The van der Waals surface area contributed by atoms with Crippen LogP contribution in [0.3, 0.4) is 0 Å². The maximum atomic E-state index is 5.85. The van der Waals surface area contributed by atoms with Crippen LogP contribution in [0.1, 0.15) is 39.5 Å². The quantitative estimate of drug-likeness (QED) is 0.577. The Kier molecular flexibility index (Phi) is 4.26. The van der Waals surface area contributed by atoms with E-state index in [9.17, 15) is 0 Å². The zero-order chi connectivity index (χ0) is 12.3. The minimum absolute atomic E-state index is 0.348. The molecule has 0 amide bonds. The number of aliphatic imine (C=N–C) groups is 1. The van der Waals surface area contributed by atoms with Gasteiger partial charge in [-0.25, -0.2) is 0 Å². The molecule has 2 unspecified atom stereocenters. The molecule has 1 saturated heterocycles. The lowest BCUT2D eigenvalue weighted by Crippen LogP contribution is -2.38. The van der Waals surface area contributed by atoms with Gasteiger partial charge in [-0.2, -0.15) is 0 Å². The van der Waals surface area contributed by atoms with Crippen LogP contribution in [0.4, 0.5) is 0 Å². The fraction of sp³-hybridized carbons (Fsp3) is 0.923. The summed E-state index contributed by atoms with van der Waals surface area (Å²) in [6, 6.07) is 0.585. The zero-order valence-electron chi connectivity index (χ0n) is 11.0. The fourth-order valence-electron chi connectivity index (χ4n) is 2.50. The molecule has 0 aromatic heterocycles. The number of hydrogen-bond acceptors (Lipinski definition) is 2. The van der Waals surface area contributed by atoms with Gasteiger partial charge in [0.25, 0.3) is 0 Å². The van der Waals surface area contributed by atoms with E-state index in [2.05, 4.69) is 24.2 Å². The monoisotopic (exact) mass is 239 g/mol. The van der Waals surface area contributed by atoms with Gasteiger partial charge in [0.2, 0.25) is 0 Å². The van der Waals surface area contributed by atoms with E-state index in [1.54, 1.807) is 0 Å². The van der Waals surface area contributed by atoms with E-state index < -0.39 is 0 Å². The lowest BCUT2D eigenvalue weighted by atomic mass is 9.87. The van der Waals surface area contributed by atoms with Crippen LogP contribution >= 0.6 is 0 Å². The number of nitrogens with one attached hydrogen (secondary N) is 1. The molecule has 3 N–H and O–H groups in total. The van der Waals surface area contributed by atoms with Crippen molar-refractivity contribution in [3.63, 3.8) is 0 Å². The molecule has 4 nitrogen and oxygen atoms in total. The molecule has 2 atom stereocenters. The summed E-state index contributed by atoms with van der Waals surface area (Å²) >= 11 is 0. The van der Waals surface area contributed by atoms with E-state index in [0.717, 1.165) is 19.6 Å². The van der Waals surface area contributed by atoms with Gasteiger partial charge < -0.3 is 15.8 Å². The summed E-state index contributed by atoms with van der Waals surface area (Å²) in [4.78, 5) is 4.46. The summed E-state index contributed by atoms with van der Waals surface area (Å²) in [5, 5.41) is 3.22. The second-order valence-electron chi connectivity index (χ2n) is 5.63. The van der Waals surface area contributed by atoms with Crippen molar-refractivity contribution in [1.82, 2.24) is 5.32 Å². The van der Waals surface area contributed by atoms with Crippen molar-refractivity contribution in [3.05, 3.63) is 0 Å². The summed E-state index contributed by atoms with van der Waals surface area (Å²) in [5.41, 5.74) is 5.85. The summed E-state index contributed by atoms with van der Waals surface area (Å²) in [6.07, 6.45) is 5.18. The average Bonchev–Trinajstić information content (AvgIpc) is 3.10. The highest BCUT2D eigenvalue weighted by Gasteiger charge is 2.28. The number of rotatable bonds is 4. The topological polar surface area (TPSA) is 59.6 Å².